The highest BCUT2D eigenvalue weighted by atomic mass is 16.7. The molecule has 11 nitrogen and oxygen atoms in total. The minimum Gasteiger partial charge on any atom is -0.394 e. The maximum absolute atomic E-state index is 9.87. The van der Waals surface area contributed by atoms with Gasteiger partial charge in [0.15, 0.2) is 12.5 Å². The Bertz CT molecular complexity index is 356. The number of aliphatic hydroxyl groups excluding tert-OH is 7. The molecule has 2 rings (SSSR count). The summed E-state index contributed by atoms with van der Waals surface area (Å²) in [6, 6.07) is 0. The van der Waals surface area contributed by atoms with E-state index >= 15 is 0 Å². The third-order valence-corrected chi connectivity index (χ3v) is 3.69. The molecule has 9 atom stereocenters. The summed E-state index contributed by atoms with van der Waals surface area (Å²) in [5.74, 6) is 0. The van der Waals surface area contributed by atoms with Gasteiger partial charge in [0.2, 0.25) is 0 Å². The number of hydrogen-bond acceptors (Lipinski definition) is 11. The first-order valence-corrected chi connectivity index (χ1v) is 6.74. The standard InChI is InChI=1S/C11H21NO10/c13-1-3-5(15)6(16)7(17)11(20-3)21-9-4(2-14)22-12-10(19)8(9)18/h3-19H,1-2H2. The van der Waals surface area contributed by atoms with Gasteiger partial charge in [0.1, 0.15) is 42.7 Å². The first-order chi connectivity index (χ1) is 10.4. The second kappa shape index (κ2) is 7.42. The summed E-state index contributed by atoms with van der Waals surface area (Å²) >= 11 is 0. The second-order valence-electron chi connectivity index (χ2n) is 5.19. The molecular weight excluding hydrogens is 306 g/mol. The zero-order valence-electron chi connectivity index (χ0n) is 11.5. The van der Waals surface area contributed by atoms with Crippen LogP contribution in [0, 0.1) is 0 Å². The van der Waals surface area contributed by atoms with Gasteiger partial charge < -0.3 is 45.2 Å². The Kier molecular flexibility index (Phi) is 6.04. The smallest absolute Gasteiger partial charge is 0.187 e. The fraction of sp³-hybridized carbons (Fsp3) is 1.00. The van der Waals surface area contributed by atoms with Crippen molar-refractivity contribution < 1.29 is 50.1 Å². The van der Waals surface area contributed by atoms with Crippen molar-refractivity contribution in [2.24, 2.45) is 0 Å². The molecule has 2 aliphatic rings. The van der Waals surface area contributed by atoms with Gasteiger partial charge in [-0.25, -0.2) is 0 Å². The molecule has 2 aliphatic heterocycles. The maximum Gasteiger partial charge on any atom is 0.187 e. The highest BCUT2D eigenvalue weighted by Crippen LogP contribution is 2.26. The number of hydrogen-bond donors (Lipinski definition) is 8. The maximum atomic E-state index is 9.87. The molecule has 0 radical (unpaired) electrons. The van der Waals surface area contributed by atoms with Crippen LogP contribution in [0.2, 0.25) is 0 Å². The van der Waals surface area contributed by atoms with E-state index in [-0.39, 0.29) is 0 Å². The van der Waals surface area contributed by atoms with Crippen molar-refractivity contribution >= 4 is 0 Å². The van der Waals surface area contributed by atoms with Gasteiger partial charge in [0.05, 0.1) is 13.2 Å². The van der Waals surface area contributed by atoms with E-state index in [1.54, 1.807) is 0 Å². The zero-order valence-corrected chi connectivity index (χ0v) is 11.5. The van der Waals surface area contributed by atoms with Crippen molar-refractivity contribution in [3.05, 3.63) is 0 Å². The summed E-state index contributed by atoms with van der Waals surface area (Å²) in [5.41, 5.74) is 2.08. The summed E-state index contributed by atoms with van der Waals surface area (Å²) < 4.78 is 10.4. The second-order valence-corrected chi connectivity index (χ2v) is 5.19. The summed E-state index contributed by atoms with van der Waals surface area (Å²) in [7, 11) is 0. The van der Waals surface area contributed by atoms with Gasteiger partial charge in [-0.05, 0) is 0 Å². The molecule has 0 saturated carbocycles. The molecule has 22 heavy (non-hydrogen) atoms. The highest BCUT2D eigenvalue weighted by Gasteiger charge is 2.48. The largest absolute Gasteiger partial charge is 0.394 e. The molecule has 0 aromatic rings. The van der Waals surface area contributed by atoms with Crippen LogP contribution in [0.5, 0.6) is 0 Å². The fourth-order valence-electron chi connectivity index (χ4n) is 2.34. The van der Waals surface area contributed by atoms with Gasteiger partial charge in [0.25, 0.3) is 0 Å². The van der Waals surface area contributed by atoms with Crippen LogP contribution in [-0.4, -0.2) is 104 Å². The van der Waals surface area contributed by atoms with Gasteiger partial charge in [0, 0.05) is 0 Å². The van der Waals surface area contributed by atoms with Crippen LogP contribution in [0.3, 0.4) is 0 Å². The average Bonchev–Trinajstić information content (AvgIpc) is 2.52. The summed E-state index contributed by atoms with van der Waals surface area (Å²) in [6.45, 7) is -1.21. The van der Waals surface area contributed by atoms with Crippen LogP contribution >= 0.6 is 0 Å². The van der Waals surface area contributed by atoms with E-state index in [1.165, 1.54) is 0 Å². The topological polar surface area (TPSA) is 181 Å². The Hall–Kier alpha value is -0.440. The lowest BCUT2D eigenvalue weighted by Gasteiger charge is -2.44. The van der Waals surface area contributed by atoms with E-state index in [4.69, 9.17) is 19.4 Å². The van der Waals surface area contributed by atoms with Crippen LogP contribution in [-0.2, 0) is 14.3 Å². The molecule has 0 bridgehead atoms. The normalized spacial score (nSPS) is 50.0. The summed E-state index contributed by atoms with van der Waals surface area (Å²) in [5, 5.41) is 66.8. The van der Waals surface area contributed by atoms with Crippen molar-refractivity contribution in [3.63, 3.8) is 0 Å². The summed E-state index contributed by atoms with van der Waals surface area (Å²) in [6.07, 6.45) is -12.9. The number of ether oxygens (including phenoxy) is 2. The molecule has 2 saturated heterocycles. The molecule has 0 aromatic carbocycles. The third-order valence-electron chi connectivity index (χ3n) is 3.69. The van der Waals surface area contributed by atoms with Crippen LogP contribution < -0.4 is 5.48 Å². The Labute approximate surface area is 125 Å². The van der Waals surface area contributed by atoms with Crippen molar-refractivity contribution in [2.75, 3.05) is 13.2 Å². The van der Waals surface area contributed by atoms with Gasteiger partial charge in [-0.15, -0.1) is 0 Å². The van der Waals surface area contributed by atoms with E-state index in [0.29, 0.717) is 0 Å². The lowest BCUT2D eigenvalue weighted by Crippen LogP contribution is -2.64. The Balaban J connectivity index is 2.09. The summed E-state index contributed by atoms with van der Waals surface area (Å²) in [4.78, 5) is 4.87. The molecule has 11 heteroatoms. The Morgan fingerprint density at radius 1 is 0.818 bits per heavy atom. The third kappa shape index (κ3) is 3.39. The highest BCUT2D eigenvalue weighted by molar-refractivity contribution is 4.91. The Morgan fingerprint density at radius 3 is 2.05 bits per heavy atom. The van der Waals surface area contributed by atoms with Crippen LogP contribution in [0.1, 0.15) is 0 Å². The quantitative estimate of drug-likeness (QED) is 0.247. The van der Waals surface area contributed by atoms with E-state index < -0.39 is 68.5 Å². The van der Waals surface area contributed by atoms with Gasteiger partial charge in [-0.2, -0.15) is 5.48 Å². The first kappa shape index (κ1) is 17.9. The molecule has 0 aliphatic carbocycles. The molecule has 0 aromatic heterocycles. The molecule has 8 N–H and O–H groups in total. The molecule has 130 valence electrons. The number of rotatable bonds is 4. The zero-order chi connectivity index (χ0) is 16.4. The number of hydroxylamine groups is 1. The monoisotopic (exact) mass is 327 g/mol. The van der Waals surface area contributed by atoms with Gasteiger partial charge in [-0.1, -0.05) is 0 Å². The fourth-order valence-corrected chi connectivity index (χ4v) is 2.34. The van der Waals surface area contributed by atoms with Crippen LogP contribution in [0.25, 0.3) is 0 Å². The minimum absolute atomic E-state index is 0.571. The van der Waals surface area contributed by atoms with E-state index in [1.807, 2.05) is 0 Å². The average molecular weight is 327 g/mol. The SMILES string of the molecule is OCC1OC(OC2C(CO)ONC(O)C2O)C(O)C(O)C1O. The molecule has 0 spiro atoms. The number of aliphatic hydroxyl groups is 7. The van der Waals surface area contributed by atoms with E-state index in [9.17, 15) is 30.6 Å². The van der Waals surface area contributed by atoms with Crippen molar-refractivity contribution in [1.82, 2.24) is 5.48 Å². The van der Waals surface area contributed by atoms with Crippen molar-refractivity contribution in [1.29, 1.82) is 0 Å². The molecule has 2 fully saturated rings. The predicted octanol–water partition coefficient (Wildman–Crippen LogP) is -5.25. The van der Waals surface area contributed by atoms with E-state index in [0.717, 1.165) is 0 Å². The molecular formula is C11H21NO10. The Morgan fingerprint density at radius 2 is 1.45 bits per heavy atom. The van der Waals surface area contributed by atoms with Gasteiger partial charge >= 0.3 is 0 Å². The minimum atomic E-state index is -1.67. The van der Waals surface area contributed by atoms with Gasteiger partial charge in [-0.3, -0.25) is 4.84 Å². The number of nitrogens with one attached hydrogen (secondary N) is 1. The molecule has 2 heterocycles. The van der Waals surface area contributed by atoms with Crippen LogP contribution in [0.15, 0.2) is 0 Å². The van der Waals surface area contributed by atoms with Crippen LogP contribution in [0.4, 0.5) is 0 Å². The van der Waals surface area contributed by atoms with Crippen molar-refractivity contribution in [3.8, 4) is 0 Å². The molecule has 0 amide bonds. The lowest BCUT2D eigenvalue weighted by atomic mass is 9.99. The van der Waals surface area contributed by atoms with E-state index in [2.05, 4.69) is 5.48 Å². The lowest BCUT2D eigenvalue weighted by molar-refractivity contribution is -0.345. The molecule has 9 unspecified atom stereocenters. The first-order valence-electron chi connectivity index (χ1n) is 6.74. The predicted molar refractivity (Wildman–Crippen MR) is 65.7 cm³/mol. The van der Waals surface area contributed by atoms with Crippen molar-refractivity contribution in [2.45, 2.75) is 55.2 Å².